The summed E-state index contributed by atoms with van der Waals surface area (Å²) in [5.41, 5.74) is 2.44. The molecule has 0 aromatic heterocycles. The minimum absolute atomic E-state index is 0.0595. The molecule has 27 heavy (non-hydrogen) atoms. The van der Waals surface area contributed by atoms with Crippen molar-refractivity contribution in [1.82, 2.24) is 5.32 Å². The van der Waals surface area contributed by atoms with Crippen molar-refractivity contribution in [2.24, 2.45) is 0 Å². The first-order valence-corrected chi connectivity index (χ1v) is 8.88. The number of benzene rings is 2. The molecule has 0 spiro atoms. The van der Waals surface area contributed by atoms with Crippen molar-refractivity contribution >= 4 is 5.91 Å². The summed E-state index contributed by atoms with van der Waals surface area (Å²) < 4.78 is 16.4. The van der Waals surface area contributed by atoms with Gasteiger partial charge in [0.15, 0.2) is 11.5 Å². The molecule has 0 saturated heterocycles. The molecule has 0 aliphatic heterocycles. The summed E-state index contributed by atoms with van der Waals surface area (Å²) in [4.78, 5) is 12.5. The maximum Gasteiger partial charge on any atom is 0.251 e. The van der Waals surface area contributed by atoms with E-state index in [9.17, 15) is 4.79 Å². The van der Waals surface area contributed by atoms with Gasteiger partial charge in [0.05, 0.1) is 20.3 Å². The van der Waals surface area contributed by atoms with Crippen LogP contribution in [0.4, 0.5) is 0 Å². The van der Waals surface area contributed by atoms with Gasteiger partial charge in [-0.05, 0) is 61.7 Å². The molecule has 0 unspecified atom stereocenters. The summed E-state index contributed by atoms with van der Waals surface area (Å²) in [5, 5.41) is 2.93. The first-order valence-electron chi connectivity index (χ1n) is 8.88. The lowest BCUT2D eigenvalue weighted by Gasteiger charge is -2.15. The maximum atomic E-state index is 12.5. The lowest BCUT2D eigenvalue weighted by atomic mass is 10.1. The first kappa shape index (κ1) is 20.4. The zero-order chi connectivity index (χ0) is 19.8. The van der Waals surface area contributed by atoms with Gasteiger partial charge in [-0.1, -0.05) is 12.1 Å². The number of allylic oxidation sites excluding steroid dienone is 1. The van der Waals surface area contributed by atoms with E-state index in [1.807, 2.05) is 38.1 Å². The second-order valence-electron chi connectivity index (χ2n) is 6.35. The highest BCUT2D eigenvalue weighted by atomic mass is 16.5. The van der Waals surface area contributed by atoms with Gasteiger partial charge in [0.2, 0.25) is 0 Å². The highest BCUT2D eigenvalue weighted by molar-refractivity contribution is 5.94. The Morgan fingerprint density at radius 3 is 2.41 bits per heavy atom. The van der Waals surface area contributed by atoms with Gasteiger partial charge in [-0.15, -0.1) is 6.58 Å². The molecule has 2 rings (SSSR count). The molecule has 0 heterocycles. The molecule has 2 aromatic rings. The molecule has 0 saturated carbocycles. The fraction of sp³-hybridized carbons (Fsp3) is 0.318. The van der Waals surface area contributed by atoms with Crippen LogP contribution in [0, 0.1) is 0 Å². The highest BCUT2D eigenvalue weighted by Gasteiger charge is 2.11. The molecule has 5 nitrogen and oxygen atoms in total. The molecule has 0 bridgehead atoms. The number of rotatable bonds is 9. The molecule has 0 atom stereocenters. The predicted molar refractivity (Wildman–Crippen MR) is 107 cm³/mol. The van der Waals surface area contributed by atoms with Crippen LogP contribution in [0.2, 0.25) is 0 Å². The number of ether oxygens (including phenoxy) is 3. The van der Waals surface area contributed by atoms with Crippen LogP contribution in [0.1, 0.15) is 35.3 Å². The largest absolute Gasteiger partial charge is 0.496 e. The Kier molecular flexibility index (Phi) is 7.29. The molecule has 5 heteroatoms. The van der Waals surface area contributed by atoms with Crippen LogP contribution in [0.5, 0.6) is 17.2 Å². The van der Waals surface area contributed by atoms with Gasteiger partial charge in [0.1, 0.15) is 5.75 Å². The van der Waals surface area contributed by atoms with Crippen molar-refractivity contribution in [1.29, 1.82) is 0 Å². The minimum atomic E-state index is -0.149. The Labute approximate surface area is 161 Å². The number of methoxy groups -OCH3 is 2. The van der Waals surface area contributed by atoms with Crippen molar-refractivity contribution in [3.8, 4) is 17.2 Å². The molecule has 1 amide bonds. The number of nitrogens with one attached hydrogen (secondary N) is 1. The first-order chi connectivity index (χ1) is 13.0. The van der Waals surface area contributed by atoms with E-state index in [-0.39, 0.29) is 12.0 Å². The normalized spacial score (nSPS) is 10.4. The Balaban J connectivity index is 2.09. The Hall–Kier alpha value is -2.95. The van der Waals surface area contributed by atoms with Crippen molar-refractivity contribution in [3.63, 3.8) is 0 Å². The monoisotopic (exact) mass is 369 g/mol. The van der Waals surface area contributed by atoms with Gasteiger partial charge in [0, 0.05) is 12.1 Å². The Bertz CT molecular complexity index is 799. The minimum Gasteiger partial charge on any atom is -0.496 e. The molecule has 0 aliphatic rings. The summed E-state index contributed by atoms with van der Waals surface area (Å²) in [6, 6.07) is 11.0. The standard InChI is InChI=1S/C22H27NO4/c1-6-7-17-13-18(9-11-19(17)25-4)22(24)23-14-16-8-10-20(27-15(2)3)21(12-16)26-5/h6,8-13,15H,1,7,14H2,2-5H3,(H,23,24). The summed E-state index contributed by atoms with van der Waals surface area (Å²) >= 11 is 0. The molecule has 2 aromatic carbocycles. The molecule has 0 aliphatic carbocycles. The van der Waals surface area contributed by atoms with Crippen LogP contribution in [0.3, 0.4) is 0 Å². The summed E-state index contributed by atoms with van der Waals surface area (Å²) in [6.07, 6.45) is 2.48. The lowest BCUT2D eigenvalue weighted by Crippen LogP contribution is -2.23. The summed E-state index contributed by atoms with van der Waals surface area (Å²) in [7, 11) is 3.21. The number of carbonyl (C=O) groups is 1. The van der Waals surface area contributed by atoms with E-state index < -0.39 is 0 Å². The fourth-order valence-corrected chi connectivity index (χ4v) is 2.69. The predicted octanol–water partition coefficient (Wildman–Crippen LogP) is 4.15. The van der Waals surface area contributed by atoms with E-state index in [4.69, 9.17) is 14.2 Å². The third-order valence-corrected chi connectivity index (χ3v) is 3.95. The van der Waals surface area contributed by atoms with E-state index in [1.54, 1.807) is 32.4 Å². The van der Waals surface area contributed by atoms with Gasteiger partial charge < -0.3 is 19.5 Å². The molecule has 1 N–H and O–H groups in total. The fourth-order valence-electron chi connectivity index (χ4n) is 2.69. The van der Waals surface area contributed by atoms with E-state index in [1.165, 1.54) is 0 Å². The second kappa shape index (κ2) is 9.67. The van der Waals surface area contributed by atoms with E-state index in [0.29, 0.717) is 30.0 Å². The van der Waals surface area contributed by atoms with Crippen LogP contribution in [0.15, 0.2) is 49.1 Å². The number of amides is 1. The Morgan fingerprint density at radius 1 is 1.07 bits per heavy atom. The molecular formula is C22H27NO4. The smallest absolute Gasteiger partial charge is 0.251 e. The summed E-state index contributed by atoms with van der Waals surface area (Å²) in [5.74, 6) is 1.93. The Morgan fingerprint density at radius 2 is 1.78 bits per heavy atom. The zero-order valence-electron chi connectivity index (χ0n) is 16.4. The highest BCUT2D eigenvalue weighted by Crippen LogP contribution is 2.29. The average Bonchev–Trinajstić information content (AvgIpc) is 2.66. The van der Waals surface area contributed by atoms with Crippen molar-refractivity contribution in [2.45, 2.75) is 32.9 Å². The molecule has 144 valence electrons. The van der Waals surface area contributed by atoms with E-state index in [2.05, 4.69) is 11.9 Å². The maximum absolute atomic E-state index is 12.5. The second-order valence-corrected chi connectivity index (χ2v) is 6.35. The SMILES string of the molecule is C=CCc1cc(C(=O)NCc2ccc(OC(C)C)c(OC)c2)ccc1OC. The van der Waals surface area contributed by atoms with Crippen molar-refractivity contribution in [3.05, 3.63) is 65.7 Å². The summed E-state index contributed by atoms with van der Waals surface area (Å²) in [6.45, 7) is 8.06. The van der Waals surface area contributed by atoms with E-state index in [0.717, 1.165) is 16.9 Å². The zero-order valence-corrected chi connectivity index (χ0v) is 16.4. The number of hydrogen-bond acceptors (Lipinski definition) is 4. The van der Waals surface area contributed by atoms with Gasteiger partial charge in [-0.2, -0.15) is 0 Å². The van der Waals surface area contributed by atoms with Crippen LogP contribution >= 0.6 is 0 Å². The van der Waals surface area contributed by atoms with Crippen LogP contribution in [-0.4, -0.2) is 26.2 Å². The quantitative estimate of drug-likeness (QED) is 0.675. The number of carbonyl (C=O) groups excluding carboxylic acids is 1. The van der Waals surface area contributed by atoms with Gasteiger partial charge in [-0.3, -0.25) is 4.79 Å². The van der Waals surface area contributed by atoms with Crippen molar-refractivity contribution < 1.29 is 19.0 Å². The third kappa shape index (κ3) is 5.51. The van der Waals surface area contributed by atoms with Gasteiger partial charge >= 0.3 is 0 Å². The molecule has 0 fully saturated rings. The van der Waals surface area contributed by atoms with Gasteiger partial charge in [-0.25, -0.2) is 0 Å². The van der Waals surface area contributed by atoms with E-state index >= 15 is 0 Å². The van der Waals surface area contributed by atoms with Crippen LogP contribution in [-0.2, 0) is 13.0 Å². The van der Waals surface area contributed by atoms with Gasteiger partial charge in [0.25, 0.3) is 5.91 Å². The topological polar surface area (TPSA) is 56.8 Å². The number of hydrogen-bond donors (Lipinski definition) is 1. The average molecular weight is 369 g/mol. The van der Waals surface area contributed by atoms with Crippen LogP contribution in [0.25, 0.3) is 0 Å². The van der Waals surface area contributed by atoms with Crippen molar-refractivity contribution in [2.75, 3.05) is 14.2 Å². The van der Waals surface area contributed by atoms with Crippen LogP contribution < -0.4 is 19.5 Å². The molecule has 0 radical (unpaired) electrons. The third-order valence-electron chi connectivity index (χ3n) is 3.95. The molecular weight excluding hydrogens is 342 g/mol. The lowest BCUT2D eigenvalue weighted by molar-refractivity contribution is 0.0950.